The van der Waals surface area contributed by atoms with E-state index < -0.39 is 24.0 Å². The van der Waals surface area contributed by atoms with Gasteiger partial charge in [0.25, 0.3) is 5.91 Å². The highest BCUT2D eigenvalue weighted by Crippen LogP contribution is 2.17. The number of aromatic nitrogens is 1. The summed E-state index contributed by atoms with van der Waals surface area (Å²) in [6.45, 7) is 5.63. The topological polar surface area (TPSA) is 121 Å². The number of urea groups is 1. The molecule has 2 rings (SSSR count). The lowest BCUT2D eigenvalue weighted by Gasteiger charge is -2.19. The van der Waals surface area contributed by atoms with Crippen molar-refractivity contribution in [3.63, 3.8) is 0 Å². The average Bonchev–Trinajstić information content (AvgIpc) is 3.02. The SMILES string of the molecule is Cc1nc(COc2ccc(C(=O)O[C@@H](C(=O)NC(N)=O)C(C)C)cc2)cs1. The van der Waals surface area contributed by atoms with Crippen LogP contribution >= 0.6 is 11.3 Å². The third-order valence-corrected chi connectivity index (χ3v) is 4.31. The predicted octanol–water partition coefficient (Wildman–Crippen LogP) is 2.41. The fourth-order valence-electron chi connectivity index (χ4n) is 2.19. The Kier molecular flexibility index (Phi) is 6.89. The van der Waals surface area contributed by atoms with Gasteiger partial charge < -0.3 is 15.2 Å². The van der Waals surface area contributed by atoms with E-state index in [2.05, 4.69) is 4.98 Å². The second-order valence-electron chi connectivity index (χ2n) is 6.09. The summed E-state index contributed by atoms with van der Waals surface area (Å²) in [5.74, 6) is -1.21. The summed E-state index contributed by atoms with van der Waals surface area (Å²) in [6, 6.07) is 5.33. The molecule has 0 spiro atoms. The molecule has 0 radical (unpaired) electrons. The standard InChI is InChI=1S/C18H21N3O5S/c1-10(2)15(16(22)21-18(19)24)26-17(23)12-4-6-14(7-5-12)25-8-13-9-27-11(3)20-13/h4-7,9-10,15H,8H2,1-3H3,(H3,19,21,22,24)/t15-/m1/s1. The van der Waals surface area contributed by atoms with Gasteiger partial charge in [-0.2, -0.15) is 0 Å². The van der Waals surface area contributed by atoms with Crippen molar-refractivity contribution in [1.29, 1.82) is 0 Å². The fourth-order valence-corrected chi connectivity index (χ4v) is 2.78. The van der Waals surface area contributed by atoms with Crippen molar-refractivity contribution in [2.24, 2.45) is 11.7 Å². The summed E-state index contributed by atoms with van der Waals surface area (Å²) in [5, 5.41) is 4.81. The first kappa shape index (κ1) is 20.4. The van der Waals surface area contributed by atoms with E-state index in [4.69, 9.17) is 15.2 Å². The number of hydrogen-bond acceptors (Lipinski definition) is 7. The van der Waals surface area contributed by atoms with Crippen LogP contribution in [0.1, 0.15) is 34.9 Å². The number of nitrogens with zero attached hydrogens (tertiary/aromatic N) is 1. The number of primary amides is 1. The lowest BCUT2D eigenvalue weighted by atomic mass is 10.1. The smallest absolute Gasteiger partial charge is 0.338 e. The molecule has 0 aliphatic heterocycles. The molecule has 0 saturated carbocycles. The van der Waals surface area contributed by atoms with Gasteiger partial charge in [-0.1, -0.05) is 13.8 Å². The second kappa shape index (κ2) is 9.13. The van der Waals surface area contributed by atoms with Crippen LogP contribution < -0.4 is 15.8 Å². The van der Waals surface area contributed by atoms with Crippen LogP contribution in [0.15, 0.2) is 29.6 Å². The highest BCUT2D eigenvalue weighted by Gasteiger charge is 2.27. The molecule has 2 aromatic rings. The van der Waals surface area contributed by atoms with Crippen LogP contribution in [0.25, 0.3) is 0 Å². The number of thiazole rings is 1. The van der Waals surface area contributed by atoms with E-state index in [-0.39, 0.29) is 11.5 Å². The van der Waals surface area contributed by atoms with Gasteiger partial charge in [0.1, 0.15) is 12.4 Å². The maximum absolute atomic E-state index is 12.3. The Balaban J connectivity index is 1.97. The molecule has 9 heteroatoms. The van der Waals surface area contributed by atoms with Gasteiger partial charge in [0.2, 0.25) is 0 Å². The maximum atomic E-state index is 12.3. The molecule has 3 amide bonds. The number of amides is 3. The molecular weight excluding hydrogens is 370 g/mol. The van der Waals surface area contributed by atoms with Gasteiger partial charge in [0.05, 0.1) is 16.3 Å². The van der Waals surface area contributed by atoms with Gasteiger partial charge in [-0.25, -0.2) is 14.6 Å². The Labute approximate surface area is 160 Å². The van der Waals surface area contributed by atoms with E-state index in [1.54, 1.807) is 37.3 Å². The number of imide groups is 1. The van der Waals surface area contributed by atoms with Crippen LogP contribution in [0.5, 0.6) is 5.75 Å². The minimum absolute atomic E-state index is 0.254. The number of aryl methyl sites for hydroxylation is 1. The number of rotatable bonds is 7. The average molecular weight is 391 g/mol. The van der Waals surface area contributed by atoms with Crippen molar-refractivity contribution in [3.8, 4) is 5.75 Å². The number of benzene rings is 1. The minimum atomic E-state index is -1.13. The van der Waals surface area contributed by atoms with Gasteiger partial charge in [0, 0.05) is 5.38 Å². The minimum Gasteiger partial charge on any atom is -0.487 e. The number of nitrogens with one attached hydrogen (secondary N) is 1. The Morgan fingerprint density at radius 1 is 1.22 bits per heavy atom. The molecule has 0 aliphatic carbocycles. The Morgan fingerprint density at radius 2 is 1.89 bits per heavy atom. The molecule has 0 unspecified atom stereocenters. The number of esters is 1. The summed E-state index contributed by atoms with van der Waals surface area (Å²) < 4.78 is 10.8. The van der Waals surface area contributed by atoms with Crippen molar-refractivity contribution in [1.82, 2.24) is 10.3 Å². The lowest BCUT2D eigenvalue weighted by molar-refractivity contribution is -0.130. The van der Waals surface area contributed by atoms with E-state index in [1.165, 1.54) is 12.1 Å². The third kappa shape index (κ3) is 6.07. The molecule has 8 nitrogen and oxygen atoms in total. The summed E-state index contributed by atoms with van der Waals surface area (Å²) >= 11 is 1.55. The number of carbonyl (C=O) groups is 3. The molecule has 3 N–H and O–H groups in total. The van der Waals surface area contributed by atoms with Crippen LogP contribution in [-0.4, -0.2) is 29.0 Å². The summed E-state index contributed by atoms with van der Waals surface area (Å²) in [4.78, 5) is 39.3. The van der Waals surface area contributed by atoms with Crippen LogP contribution in [0.2, 0.25) is 0 Å². The number of ether oxygens (including phenoxy) is 2. The van der Waals surface area contributed by atoms with Crippen LogP contribution in [0.4, 0.5) is 4.79 Å². The van der Waals surface area contributed by atoms with E-state index in [1.807, 2.05) is 17.6 Å². The normalized spacial score (nSPS) is 11.7. The van der Waals surface area contributed by atoms with Crippen molar-refractivity contribution < 1.29 is 23.9 Å². The van der Waals surface area contributed by atoms with Gasteiger partial charge in [0.15, 0.2) is 6.10 Å². The highest BCUT2D eigenvalue weighted by atomic mass is 32.1. The van der Waals surface area contributed by atoms with Gasteiger partial charge in [-0.05, 0) is 37.1 Å². The quantitative estimate of drug-likeness (QED) is 0.699. The van der Waals surface area contributed by atoms with E-state index in [0.29, 0.717) is 12.4 Å². The fraction of sp³-hybridized carbons (Fsp3) is 0.333. The zero-order chi connectivity index (χ0) is 20.0. The number of carbonyl (C=O) groups excluding carboxylic acids is 3. The monoisotopic (exact) mass is 391 g/mol. The largest absolute Gasteiger partial charge is 0.487 e. The zero-order valence-corrected chi connectivity index (χ0v) is 16.0. The summed E-state index contributed by atoms with van der Waals surface area (Å²) in [6.07, 6.45) is -1.13. The van der Waals surface area contributed by atoms with E-state index >= 15 is 0 Å². The van der Waals surface area contributed by atoms with Crippen molar-refractivity contribution in [2.45, 2.75) is 33.5 Å². The van der Waals surface area contributed by atoms with Gasteiger partial charge in [-0.15, -0.1) is 11.3 Å². The molecule has 1 aromatic heterocycles. The molecule has 0 bridgehead atoms. The summed E-state index contributed by atoms with van der Waals surface area (Å²) in [7, 11) is 0. The Bertz CT molecular complexity index is 817. The molecule has 144 valence electrons. The first-order valence-electron chi connectivity index (χ1n) is 8.21. The van der Waals surface area contributed by atoms with Crippen molar-refractivity contribution in [2.75, 3.05) is 0 Å². The van der Waals surface area contributed by atoms with E-state index in [0.717, 1.165) is 10.7 Å². The molecular formula is C18H21N3O5S. The van der Waals surface area contributed by atoms with Gasteiger partial charge in [-0.3, -0.25) is 10.1 Å². The third-order valence-electron chi connectivity index (χ3n) is 3.49. The molecule has 0 aliphatic rings. The molecule has 0 fully saturated rings. The number of nitrogens with two attached hydrogens (primary N) is 1. The summed E-state index contributed by atoms with van der Waals surface area (Å²) in [5.41, 5.74) is 6.02. The Hall–Kier alpha value is -2.94. The van der Waals surface area contributed by atoms with Crippen molar-refractivity contribution in [3.05, 3.63) is 45.9 Å². The molecule has 0 saturated heterocycles. The first-order chi connectivity index (χ1) is 12.8. The van der Waals surface area contributed by atoms with Crippen LogP contribution in [-0.2, 0) is 16.1 Å². The Morgan fingerprint density at radius 3 is 2.41 bits per heavy atom. The molecule has 27 heavy (non-hydrogen) atoms. The molecule has 1 atom stereocenters. The molecule has 1 aromatic carbocycles. The first-order valence-corrected chi connectivity index (χ1v) is 9.09. The zero-order valence-electron chi connectivity index (χ0n) is 15.2. The van der Waals surface area contributed by atoms with Crippen molar-refractivity contribution >= 4 is 29.2 Å². The predicted molar refractivity (Wildman–Crippen MR) is 99.4 cm³/mol. The van der Waals surface area contributed by atoms with Crippen LogP contribution in [0, 0.1) is 12.8 Å². The maximum Gasteiger partial charge on any atom is 0.338 e. The molecule has 1 heterocycles. The van der Waals surface area contributed by atoms with E-state index in [9.17, 15) is 14.4 Å². The van der Waals surface area contributed by atoms with Crippen LogP contribution in [0.3, 0.4) is 0 Å². The van der Waals surface area contributed by atoms with Gasteiger partial charge >= 0.3 is 12.0 Å². The number of hydrogen-bond donors (Lipinski definition) is 2. The lowest BCUT2D eigenvalue weighted by Crippen LogP contribution is -2.45. The second-order valence-corrected chi connectivity index (χ2v) is 7.16. The highest BCUT2D eigenvalue weighted by molar-refractivity contribution is 7.09.